The first-order valence-electron chi connectivity index (χ1n) is 11.4. The van der Waals surface area contributed by atoms with Crippen molar-refractivity contribution in [1.29, 1.82) is 0 Å². The summed E-state index contributed by atoms with van der Waals surface area (Å²) in [6.45, 7) is 2.99. The van der Waals surface area contributed by atoms with Gasteiger partial charge in [-0.1, -0.05) is 67.6 Å². The Bertz CT molecular complexity index is 1300. The van der Waals surface area contributed by atoms with Gasteiger partial charge in [0.05, 0.1) is 0 Å². The normalized spacial score (nSPS) is 15.5. The summed E-state index contributed by atoms with van der Waals surface area (Å²) in [7, 11) is 0. The number of hydrogen-bond acceptors (Lipinski definition) is 2. The van der Waals surface area contributed by atoms with Crippen molar-refractivity contribution in [2.75, 3.05) is 11.4 Å². The Labute approximate surface area is 193 Å². The third kappa shape index (κ3) is 4.09. The van der Waals surface area contributed by atoms with Crippen molar-refractivity contribution in [3.8, 4) is 5.75 Å². The zero-order valence-electron chi connectivity index (χ0n) is 18.6. The zero-order chi connectivity index (χ0) is 22.8. The molecule has 0 aliphatic carbocycles. The number of amides is 1. The molecule has 0 N–H and O–H groups in total. The van der Waals surface area contributed by atoms with Crippen LogP contribution in [0.3, 0.4) is 0 Å². The first kappa shape index (κ1) is 21.2. The number of ether oxygens (including phenoxy) is 1. The minimum absolute atomic E-state index is 0.0210. The predicted octanol–water partition coefficient (Wildman–Crippen LogP) is 6.84. The first-order chi connectivity index (χ1) is 16.2. The minimum atomic E-state index is -0.269. The number of nitrogens with zero attached hydrogens (tertiary/aromatic N) is 1. The van der Waals surface area contributed by atoms with Crippen molar-refractivity contribution in [2.45, 2.75) is 32.3 Å². The molecule has 33 heavy (non-hydrogen) atoms. The van der Waals surface area contributed by atoms with Gasteiger partial charge in [-0.25, -0.2) is 4.39 Å². The Hall–Kier alpha value is -3.66. The molecule has 0 radical (unpaired) electrons. The van der Waals surface area contributed by atoms with Crippen LogP contribution in [0.2, 0.25) is 0 Å². The lowest BCUT2D eigenvalue weighted by atomic mass is 9.81. The molecule has 4 aromatic rings. The lowest BCUT2D eigenvalue weighted by Gasteiger charge is -2.35. The molecule has 166 valence electrons. The Morgan fingerprint density at radius 1 is 0.939 bits per heavy atom. The number of hydrogen-bond donors (Lipinski definition) is 0. The van der Waals surface area contributed by atoms with Gasteiger partial charge in [-0.3, -0.25) is 4.79 Å². The summed E-state index contributed by atoms with van der Waals surface area (Å²) < 4.78 is 19.7. The SMILES string of the molecule is CCCN1C(=O)CC(c2ccc(OCc3ccccc3F)cc2)c2c1ccc1ccccc21. The van der Waals surface area contributed by atoms with E-state index in [4.69, 9.17) is 4.74 Å². The second kappa shape index (κ2) is 9.07. The third-order valence-electron chi connectivity index (χ3n) is 6.35. The van der Waals surface area contributed by atoms with Crippen LogP contribution in [-0.4, -0.2) is 12.5 Å². The number of anilines is 1. The summed E-state index contributed by atoms with van der Waals surface area (Å²) in [6.07, 6.45) is 1.35. The molecule has 1 unspecified atom stereocenters. The molecule has 0 fully saturated rings. The van der Waals surface area contributed by atoms with E-state index in [1.165, 1.54) is 22.4 Å². The second-order valence-electron chi connectivity index (χ2n) is 8.47. The molecule has 0 aromatic heterocycles. The lowest BCUT2D eigenvalue weighted by molar-refractivity contribution is -0.119. The smallest absolute Gasteiger partial charge is 0.227 e. The van der Waals surface area contributed by atoms with Crippen molar-refractivity contribution in [3.05, 3.63) is 107 Å². The van der Waals surface area contributed by atoms with Crippen LogP contribution >= 0.6 is 0 Å². The van der Waals surface area contributed by atoms with Crippen molar-refractivity contribution < 1.29 is 13.9 Å². The highest BCUT2D eigenvalue weighted by Gasteiger charge is 2.33. The molecule has 4 aromatic carbocycles. The standard InChI is InChI=1S/C29H26FNO2/c1-2-17-31-27-16-13-20-7-3-5-9-24(20)29(27)25(18-28(31)32)21-11-14-23(15-12-21)33-19-22-8-4-6-10-26(22)30/h3-16,25H,2,17-19H2,1H3. The van der Waals surface area contributed by atoms with Crippen LogP contribution in [0.5, 0.6) is 5.75 Å². The van der Waals surface area contributed by atoms with Gasteiger partial charge in [-0.15, -0.1) is 0 Å². The molecule has 1 amide bonds. The minimum Gasteiger partial charge on any atom is -0.489 e. The van der Waals surface area contributed by atoms with Gasteiger partial charge in [0.1, 0.15) is 18.2 Å². The van der Waals surface area contributed by atoms with Crippen LogP contribution < -0.4 is 9.64 Å². The second-order valence-corrected chi connectivity index (χ2v) is 8.47. The molecule has 0 saturated heterocycles. The summed E-state index contributed by atoms with van der Waals surface area (Å²) in [6, 6.07) is 27.0. The van der Waals surface area contributed by atoms with E-state index in [1.807, 2.05) is 35.2 Å². The summed E-state index contributed by atoms with van der Waals surface area (Å²) in [5.41, 5.74) is 3.82. The van der Waals surface area contributed by atoms with Gasteiger partial charge in [0, 0.05) is 30.1 Å². The molecular formula is C29H26FNO2. The number of halogens is 1. The van der Waals surface area contributed by atoms with E-state index in [0.29, 0.717) is 17.7 Å². The largest absolute Gasteiger partial charge is 0.489 e. The Morgan fingerprint density at radius 2 is 1.70 bits per heavy atom. The maximum absolute atomic E-state index is 13.9. The molecular weight excluding hydrogens is 413 g/mol. The third-order valence-corrected chi connectivity index (χ3v) is 6.35. The van der Waals surface area contributed by atoms with Gasteiger partial charge in [-0.2, -0.15) is 0 Å². The van der Waals surface area contributed by atoms with E-state index in [9.17, 15) is 9.18 Å². The average molecular weight is 440 g/mol. The highest BCUT2D eigenvalue weighted by Crippen LogP contribution is 2.44. The van der Waals surface area contributed by atoms with E-state index < -0.39 is 0 Å². The molecule has 0 spiro atoms. The van der Waals surface area contributed by atoms with E-state index in [1.54, 1.807) is 18.2 Å². The molecule has 1 atom stereocenters. The van der Waals surface area contributed by atoms with E-state index in [0.717, 1.165) is 24.2 Å². The predicted molar refractivity (Wildman–Crippen MR) is 130 cm³/mol. The van der Waals surface area contributed by atoms with Gasteiger partial charge in [-0.05, 0) is 52.6 Å². The van der Waals surface area contributed by atoms with E-state index in [-0.39, 0.29) is 24.2 Å². The van der Waals surface area contributed by atoms with Crippen molar-refractivity contribution >= 4 is 22.4 Å². The number of carbonyl (C=O) groups is 1. The maximum atomic E-state index is 13.9. The van der Waals surface area contributed by atoms with Crippen molar-refractivity contribution in [3.63, 3.8) is 0 Å². The van der Waals surface area contributed by atoms with Crippen LogP contribution in [-0.2, 0) is 11.4 Å². The summed E-state index contributed by atoms with van der Waals surface area (Å²) in [4.78, 5) is 15.0. The Kier molecular flexibility index (Phi) is 5.82. The number of carbonyl (C=O) groups excluding carboxylic acids is 1. The van der Waals surface area contributed by atoms with Crippen LogP contribution in [0.4, 0.5) is 10.1 Å². The molecule has 5 rings (SSSR count). The first-order valence-corrected chi connectivity index (χ1v) is 11.4. The summed E-state index contributed by atoms with van der Waals surface area (Å²) in [5.74, 6) is 0.543. The number of fused-ring (bicyclic) bond motifs is 3. The topological polar surface area (TPSA) is 29.5 Å². The van der Waals surface area contributed by atoms with E-state index in [2.05, 4.69) is 37.3 Å². The van der Waals surface area contributed by atoms with Crippen LogP contribution in [0.25, 0.3) is 10.8 Å². The summed E-state index contributed by atoms with van der Waals surface area (Å²) in [5, 5.41) is 2.37. The molecule has 4 heteroatoms. The van der Waals surface area contributed by atoms with Gasteiger partial charge in [0.25, 0.3) is 0 Å². The summed E-state index contributed by atoms with van der Waals surface area (Å²) >= 11 is 0. The van der Waals surface area contributed by atoms with Gasteiger partial charge in [0.2, 0.25) is 5.91 Å². The van der Waals surface area contributed by atoms with Crippen molar-refractivity contribution in [2.24, 2.45) is 0 Å². The highest BCUT2D eigenvalue weighted by atomic mass is 19.1. The molecule has 1 aliphatic heterocycles. The lowest BCUT2D eigenvalue weighted by Crippen LogP contribution is -2.37. The average Bonchev–Trinajstić information content (AvgIpc) is 2.85. The Balaban J connectivity index is 1.48. The van der Waals surface area contributed by atoms with Crippen molar-refractivity contribution in [1.82, 2.24) is 0 Å². The highest BCUT2D eigenvalue weighted by molar-refractivity contribution is 6.03. The van der Waals surface area contributed by atoms with Crippen LogP contribution in [0.1, 0.15) is 42.4 Å². The molecule has 0 saturated carbocycles. The molecule has 1 aliphatic rings. The van der Waals surface area contributed by atoms with Gasteiger partial charge < -0.3 is 9.64 Å². The van der Waals surface area contributed by atoms with Gasteiger partial charge >= 0.3 is 0 Å². The molecule has 0 bridgehead atoms. The van der Waals surface area contributed by atoms with Crippen LogP contribution in [0.15, 0.2) is 84.9 Å². The zero-order valence-corrected chi connectivity index (χ0v) is 18.6. The fraction of sp³-hybridized carbons (Fsp3) is 0.207. The fourth-order valence-corrected chi connectivity index (χ4v) is 4.73. The molecule has 1 heterocycles. The fourth-order valence-electron chi connectivity index (χ4n) is 4.73. The monoisotopic (exact) mass is 439 g/mol. The Morgan fingerprint density at radius 3 is 2.48 bits per heavy atom. The van der Waals surface area contributed by atoms with E-state index >= 15 is 0 Å². The number of benzene rings is 4. The number of rotatable bonds is 6. The van der Waals surface area contributed by atoms with Crippen LogP contribution in [0, 0.1) is 5.82 Å². The quantitative estimate of drug-likeness (QED) is 0.329. The molecule has 3 nitrogen and oxygen atoms in total. The van der Waals surface area contributed by atoms with Gasteiger partial charge in [0.15, 0.2) is 0 Å². The maximum Gasteiger partial charge on any atom is 0.227 e.